The van der Waals surface area contributed by atoms with Crippen LogP contribution in [0.15, 0.2) is 230 Å². The highest BCUT2D eigenvalue weighted by atomic mass is 15.2. The van der Waals surface area contributed by atoms with E-state index in [1.54, 1.807) is 4.57 Å². The Morgan fingerprint density at radius 3 is 1.23 bits per heavy atom. The van der Waals surface area contributed by atoms with Crippen molar-refractivity contribution in [1.82, 2.24) is 19.5 Å². The summed E-state index contributed by atoms with van der Waals surface area (Å²) in [4.78, 5) is 15.4. The normalized spacial score (nSPS) is 12.2. The Morgan fingerprint density at radius 1 is 0.328 bits per heavy atom. The van der Waals surface area contributed by atoms with Gasteiger partial charge < -0.3 is 0 Å². The van der Waals surface area contributed by atoms with Crippen molar-refractivity contribution >= 4 is 21.8 Å². The summed E-state index contributed by atoms with van der Waals surface area (Å²) in [5.74, 6) is 1.08. The highest BCUT2D eigenvalue weighted by molar-refractivity contribution is 6.16. The quantitative estimate of drug-likeness (QED) is 0.154. The Balaban J connectivity index is 1.17. The lowest BCUT2D eigenvalue weighted by molar-refractivity contribution is 0.953. The van der Waals surface area contributed by atoms with E-state index < -0.39 is 0 Å². The summed E-state index contributed by atoms with van der Waals surface area (Å²) in [5, 5.41) is 1.05. The lowest BCUT2D eigenvalue weighted by Gasteiger charge is -2.13. The zero-order chi connectivity index (χ0) is 44.0. The van der Waals surface area contributed by atoms with E-state index in [9.17, 15) is 2.74 Å². The molecule has 9 aromatic carbocycles. The molecule has 286 valence electrons. The molecule has 4 nitrogen and oxygen atoms in total. The molecule has 2 heterocycles. The standard InChI is InChI=1S/C57H38N4/c1-5-16-39(17-6-1)43-28-32-45(33-29-43)55-58-56(46-34-30-44(31-35-46)40-18-7-2-8-19-40)60-57(59-55)61-52-26-14-13-24-51(52)54-50(25-15-27-53(54)61)49-37-47(41-20-9-3-10-21-41)36-48(38-49)42-22-11-4-12-23-42/h1-38H/i13D,14D,24D,26D. The molecule has 2 aromatic heterocycles. The second kappa shape index (κ2) is 15.5. The third-order valence-corrected chi connectivity index (χ3v) is 11.2. The van der Waals surface area contributed by atoms with E-state index in [1.165, 1.54) is 0 Å². The third kappa shape index (κ3) is 6.86. The molecule has 11 aromatic rings. The van der Waals surface area contributed by atoms with Crippen molar-refractivity contribution < 1.29 is 5.48 Å². The first-order valence-electron chi connectivity index (χ1n) is 22.3. The molecule has 0 atom stereocenters. The number of rotatable bonds is 8. The van der Waals surface area contributed by atoms with Crippen LogP contribution in [0, 0.1) is 0 Å². The van der Waals surface area contributed by atoms with Gasteiger partial charge in [-0.2, -0.15) is 9.97 Å². The van der Waals surface area contributed by atoms with Gasteiger partial charge in [0.25, 0.3) is 0 Å². The van der Waals surface area contributed by atoms with E-state index in [-0.39, 0.29) is 35.6 Å². The van der Waals surface area contributed by atoms with Crippen LogP contribution in [0.5, 0.6) is 0 Å². The summed E-state index contributed by atoms with van der Waals surface area (Å²) in [6, 6.07) is 68.6. The van der Waals surface area contributed by atoms with Gasteiger partial charge in [-0.1, -0.05) is 200 Å². The molecule has 11 rings (SSSR count). The maximum absolute atomic E-state index is 9.48. The lowest BCUT2D eigenvalue weighted by atomic mass is 9.91. The maximum atomic E-state index is 9.48. The van der Waals surface area contributed by atoms with Crippen LogP contribution in [0.4, 0.5) is 0 Å². The van der Waals surface area contributed by atoms with E-state index in [2.05, 4.69) is 91.0 Å². The second-order valence-electron chi connectivity index (χ2n) is 15.0. The molecule has 0 aliphatic heterocycles. The topological polar surface area (TPSA) is 43.6 Å². The monoisotopic (exact) mass is 782 g/mol. The molecule has 0 bridgehead atoms. The molecule has 0 aliphatic rings. The molecule has 0 radical (unpaired) electrons. The fourth-order valence-corrected chi connectivity index (χ4v) is 8.20. The van der Waals surface area contributed by atoms with Gasteiger partial charge in [0, 0.05) is 21.9 Å². The minimum atomic E-state index is -0.340. The van der Waals surface area contributed by atoms with Crippen LogP contribution in [0.3, 0.4) is 0 Å². The fraction of sp³-hybridized carbons (Fsp3) is 0. The Hall–Kier alpha value is -8.21. The van der Waals surface area contributed by atoms with Gasteiger partial charge in [-0.15, -0.1) is 0 Å². The van der Waals surface area contributed by atoms with Crippen LogP contribution >= 0.6 is 0 Å². The molecular weight excluding hydrogens is 741 g/mol. The maximum Gasteiger partial charge on any atom is 0.238 e. The smallest absolute Gasteiger partial charge is 0.238 e. The highest BCUT2D eigenvalue weighted by Gasteiger charge is 2.21. The lowest BCUT2D eigenvalue weighted by Crippen LogP contribution is -2.06. The highest BCUT2D eigenvalue weighted by Crippen LogP contribution is 2.41. The van der Waals surface area contributed by atoms with Crippen molar-refractivity contribution in [1.29, 1.82) is 0 Å². The van der Waals surface area contributed by atoms with Crippen molar-refractivity contribution in [2.75, 3.05) is 0 Å². The Bertz CT molecular complexity index is 3380. The molecular formula is C57H38N4. The first-order valence-corrected chi connectivity index (χ1v) is 20.3. The van der Waals surface area contributed by atoms with E-state index in [0.717, 1.165) is 66.8 Å². The van der Waals surface area contributed by atoms with Gasteiger partial charge in [-0.25, -0.2) is 4.98 Å². The van der Waals surface area contributed by atoms with E-state index in [4.69, 9.17) is 17.7 Å². The van der Waals surface area contributed by atoms with Gasteiger partial charge in [-0.05, 0) is 85.9 Å². The van der Waals surface area contributed by atoms with Gasteiger partial charge in [0.1, 0.15) is 0 Å². The van der Waals surface area contributed by atoms with Crippen molar-refractivity contribution in [3.05, 3.63) is 230 Å². The summed E-state index contributed by atoms with van der Waals surface area (Å²) < 4.78 is 38.6. The first-order chi connectivity index (χ1) is 31.9. The van der Waals surface area contributed by atoms with Gasteiger partial charge >= 0.3 is 0 Å². The van der Waals surface area contributed by atoms with Crippen LogP contribution < -0.4 is 0 Å². The Morgan fingerprint density at radius 2 is 0.738 bits per heavy atom. The third-order valence-electron chi connectivity index (χ3n) is 11.2. The van der Waals surface area contributed by atoms with Crippen LogP contribution in [-0.2, 0) is 0 Å². The number of fused-ring (bicyclic) bond motifs is 3. The Kier molecular flexibility index (Phi) is 8.07. The summed E-state index contributed by atoms with van der Waals surface area (Å²) >= 11 is 0. The molecule has 61 heavy (non-hydrogen) atoms. The average Bonchev–Trinajstić information content (AvgIpc) is 3.74. The molecule has 0 N–H and O–H groups in total. The van der Waals surface area contributed by atoms with Gasteiger partial charge in [0.05, 0.1) is 16.5 Å². The second-order valence-corrected chi connectivity index (χ2v) is 15.0. The summed E-state index contributed by atoms with van der Waals surface area (Å²) in [6.45, 7) is 0. The van der Waals surface area contributed by atoms with Crippen LogP contribution in [0.25, 0.3) is 106 Å². The molecule has 0 spiro atoms. The van der Waals surface area contributed by atoms with Crippen LogP contribution in [0.2, 0.25) is 0 Å². The largest absolute Gasteiger partial charge is 0.278 e. The summed E-state index contributed by atoms with van der Waals surface area (Å²) in [7, 11) is 0. The van der Waals surface area contributed by atoms with E-state index in [0.29, 0.717) is 27.9 Å². The zero-order valence-corrected chi connectivity index (χ0v) is 32.9. The number of para-hydroxylation sites is 1. The van der Waals surface area contributed by atoms with Crippen LogP contribution in [-0.4, -0.2) is 19.5 Å². The number of aromatic nitrogens is 4. The molecule has 4 heteroatoms. The van der Waals surface area contributed by atoms with Gasteiger partial charge in [0.2, 0.25) is 5.95 Å². The fourth-order valence-electron chi connectivity index (χ4n) is 8.20. The first kappa shape index (κ1) is 31.7. The molecule has 0 aliphatic carbocycles. The van der Waals surface area contributed by atoms with Crippen molar-refractivity contribution in [2.45, 2.75) is 0 Å². The molecule has 0 fully saturated rings. The van der Waals surface area contributed by atoms with E-state index >= 15 is 0 Å². The predicted octanol–water partition coefficient (Wildman–Crippen LogP) is 14.6. The van der Waals surface area contributed by atoms with Gasteiger partial charge in [-0.3, -0.25) is 4.57 Å². The predicted molar refractivity (Wildman–Crippen MR) is 252 cm³/mol. The number of hydrogen-bond acceptors (Lipinski definition) is 3. The van der Waals surface area contributed by atoms with Crippen molar-refractivity contribution in [3.8, 4) is 84.4 Å². The molecule has 0 unspecified atom stereocenters. The number of nitrogens with zero attached hydrogens (tertiary/aromatic N) is 4. The van der Waals surface area contributed by atoms with Crippen LogP contribution in [0.1, 0.15) is 5.48 Å². The summed E-state index contributed by atoms with van der Waals surface area (Å²) in [6.07, 6.45) is 0. The Labute approximate surface area is 360 Å². The van der Waals surface area contributed by atoms with Crippen molar-refractivity contribution in [3.63, 3.8) is 0 Å². The average molecular weight is 783 g/mol. The molecule has 0 amide bonds. The zero-order valence-electron chi connectivity index (χ0n) is 36.9. The number of benzene rings is 9. The SMILES string of the molecule is [2H]c1c([2H])c([2H])c2c(c1[2H])c1c(-c3cc(-c4ccccc4)cc(-c4ccccc4)c3)cccc1n2-c1nc(-c2ccc(-c3ccccc3)cc2)nc(-c2ccc(-c3ccccc3)cc2)n1. The number of hydrogen-bond donors (Lipinski definition) is 0. The molecule has 0 saturated heterocycles. The minimum absolute atomic E-state index is 0.137. The van der Waals surface area contributed by atoms with Gasteiger partial charge in [0.15, 0.2) is 11.6 Å². The summed E-state index contributed by atoms with van der Waals surface area (Å²) in [5.41, 5.74) is 12.6. The van der Waals surface area contributed by atoms with E-state index in [1.807, 2.05) is 115 Å². The minimum Gasteiger partial charge on any atom is -0.278 e. The van der Waals surface area contributed by atoms with Crippen molar-refractivity contribution in [2.24, 2.45) is 0 Å². The molecule has 0 saturated carbocycles.